The van der Waals surface area contributed by atoms with Gasteiger partial charge in [0.05, 0.1) is 13.2 Å². The van der Waals surface area contributed by atoms with Crippen molar-refractivity contribution < 1.29 is 33.5 Å². The zero-order valence-electron chi connectivity index (χ0n) is 29.8. The second-order valence-corrected chi connectivity index (χ2v) is 12.9. The summed E-state index contributed by atoms with van der Waals surface area (Å²) in [5, 5.41) is 10.7. The van der Waals surface area contributed by atoms with E-state index in [0.717, 1.165) is 44.5 Å². The summed E-state index contributed by atoms with van der Waals surface area (Å²) in [4.78, 5) is 0. The average Bonchev–Trinajstić information content (AvgIpc) is 3.60. The predicted octanol–water partition coefficient (Wildman–Crippen LogP) is 9.78. The van der Waals surface area contributed by atoms with Crippen LogP contribution in [0.2, 0.25) is 0 Å². The summed E-state index contributed by atoms with van der Waals surface area (Å²) in [5.74, 6) is 1.49. The van der Waals surface area contributed by atoms with E-state index in [1.54, 1.807) is 12.1 Å². The van der Waals surface area contributed by atoms with Gasteiger partial charge in [0.25, 0.3) is 0 Å². The normalized spacial score (nSPS) is 15.7. The van der Waals surface area contributed by atoms with Crippen LogP contribution in [-0.4, -0.2) is 24.0 Å². The molecule has 0 bridgehead atoms. The van der Waals surface area contributed by atoms with E-state index in [0.29, 0.717) is 50.8 Å². The van der Waals surface area contributed by atoms with Crippen molar-refractivity contribution in [3.05, 3.63) is 185 Å². The molecule has 1 N–H and O–H groups in total. The second-order valence-electron chi connectivity index (χ2n) is 12.9. The van der Waals surface area contributed by atoms with Gasteiger partial charge in [-0.1, -0.05) is 140 Å². The fourth-order valence-corrected chi connectivity index (χ4v) is 6.49. The first-order chi connectivity index (χ1) is 26.1. The lowest BCUT2D eigenvalue weighted by atomic mass is 9.90. The third-order valence-electron chi connectivity index (χ3n) is 9.11. The third-order valence-corrected chi connectivity index (χ3v) is 9.11. The number of phenols is 1. The third kappa shape index (κ3) is 9.52. The van der Waals surface area contributed by atoms with E-state index >= 15 is 0 Å². The molecule has 0 aromatic heterocycles. The minimum absolute atomic E-state index is 0.155. The molecule has 1 saturated heterocycles. The molecule has 6 aromatic rings. The maximum atomic E-state index is 10.7. The van der Waals surface area contributed by atoms with Crippen molar-refractivity contribution in [3.63, 3.8) is 0 Å². The van der Waals surface area contributed by atoms with Crippen molar-refractivity contribution in [1.29, 1.82) is 0 Å². The first kappa shape index (κ1) is 35.9. The van der Waals surface area contributed by atoms with Crippen LogP contribution in [-0.2, 0) is 58.2 Å². The highest BCUT2D eigenvalue weighted by molar-refractivity contribution is 5.78. The standard InChI is InChI=1S/C46H44O7/c1-2-39-40(27-43-52-45(50-31-35-20-11-5-12-21-35)46(53-43)51-32-36-22-13-6-14-23-36)44(37-24-15-25-38(47)26-37)42(49-30-34-18-9-4-10-19-34)28-41(39)48-29-33-16-7-3-8-17-33/h3-26,28,43,45-47H,2,27,29-32H2,1H3/t45-,46-/m0/s1. The number of phenolic OH excluding ortho intramolecular Hbond substituents is 1. The van der Waals surface area contributed by atoms with Gasteiger partial charge in [-0.3, -0.25) is 0 Å². The highest BCUT2D eigenvalue weighted by atomic mass is 16.9. The number of rotatable bonds is 16. The van der Waals surface area contributed by atoms with Gasteiger partial charge in [-0.25, -0.2) is 0 Å². The molecule has 2 atom stereocenters. The Bertz CT molecular complexity index is 1970. The van der Waals surface area contributed by atoms with Gasteiger partial charge in [-0.15, -0.1) is 0 Å². The summed E-state index contributed by atoms with van der Waals surface area (Å²) in [7, 11) is 0. The predicted molar refractivity (Wildman–Crippen MR) is 204 cm³/mol. The van der Waals surface area contributed by atoms with Crippen molar-refractivity contribution in [1.82, 2.24) is 0 Å². The Morgan fingerprint density at radius 1 is 0.509 bits per heavy atom. The maximum absolute atomic E-state index is 10.7. The van der Waals surface area contributed by atoms with Crippen molar-refractivity contribution in [2.75, 3.05) is 0 Å². The maximum Gasteiger partial charge on any atom is 0.212 e. The topological polar surface area (TPSA) is 75.6 Å². The molecule has 6 aromatic carbocycles. The Morgan fingerprint density at radius 3 is 1.45 bits per heavy atom. The molecule has 0 unspecified atom stereocenters. The van der Waals surface area contributed by atoms with Crippen molar-refractivity contribution in [3.8, 4) is 28.4 Å². The average molecular weight is 709 g/mol. The largest absolute Gasteiger partial charge is 0.508 e. The highest BCUT2D eigenvalue weighted by Gasteiger charge is 2.39. The minimum atomic E-state index is -0.774. The lowest BCUT2D eigenvalue weighted by Gasteiger charge is -2.24. The van der Waals surface area contributed by atoms with E-state index < -0.39 is 18.9 Å². The molecule has 7 nitrogen and oxygen atoms in total. The van der Waals surface area contributed by atoms with E-state index in [2.05, 4.69) is 6.92 Å². The van der Waals surface area contributed by atoms with Gasteiger partial charge in [-0.2, -0.15) is 0 Å². The van der Waals surface area contributed by atoms with Crippen LogP contribution < -0.4 is 9.47 Å². The minimum Gasteiger partial charge on any atom is -0.508 e. The molecule has 7 rings (SSSR count). The van der Waals surface area contributed by atoms with Gasteiger partial charge >= 0.3 is 0 Å². The zero-order chi connectivity index (χ0) is 36.2. The molecular formula is C46H44O7. The van der Waals surface area contributed by atoms with E-state index in [1.165, 1.54) is 0 Å². The number of ether oxygens (including phenoxy) is 6. The van der Waals surface area contributed by atoms with Crippen LogP contribution in [0.1, 0.15) is 40.3 Å². The van der Waals surface area contributed by atoms with Crippen molar-refractivity contribution in [2.45, 2.75) is 65.1 Å². The molecule has 7 heteroatoms. The van der Waals surface area contributed by atoms with Gasteiger partial charge < -0.3 is 33.5 Å². The van der Waals surface area contributed by atoms with Gasteiger partial charge in [0, 0.05) is 18.1 Å². The first-order valence-corrected chi connectivity index (χ1v) is 18.1. The van der Waals surface area contributed by atoms with Crippen LogP contribution in [0.15, 0.2) is 152 Å². The fourth-order valence-electron chi connectivity index (χ4n) is 6.49. The summed E-state index contributed by atoms with van der Waals surface area (Å²) < 4.78 is 38.9. The summed E-state index contributed by atoms with van der Waals surface area (Å²) in [6.07, 6.45) is -1.26. The molecule has 1 heterocycles. The number of aromatic hydroxyl groups is 1. The van der Waals surface area contributed by atoms with Gasteiger partial charge in [0.2, 0.25) is 12.6 Å². The SMILES string of the molecule is CCc1c(OCc2ccccc2)cc(OCc2ccccc2)c(-c2cccc(O)c2)c1CC1O[C@H](OCc2ccccc2)[C@@H](OCc2ccccc2)O1. The number of hydrogen-bond donors (Lipinski definition) is 1. The highest BCUT2D eigenvalue weighted by Crippen LogP contribution is 2.44. The smallest absolute Gasteiger partial charge is 0.212 e. The molecule has 1 fully saturated rings. The Kier molecular flexibility index (Phi) is 12.1. The van der Waals surface area contributed by atoms with Crippen LogP contribution in [0.5, 0.6) is 17.2 Å². The van der Waals surface area contributed by atoms with Crippen LogP contribution in [0.4, 0.5) is 0 Å². The van der Waals surface area contributed by atoms with E-state index in [-0.39, 0.29) is 5.75 Å². The summed E-state index contributed by atoms with van der Waals surface area (Å²) in [5.41, 5.74) is 7.69. The summed E-state index contributed by atoms with van der Waals surface area (Å²) >= 11 is 0. The fraction of sp³-hybridized carbons (Fsp3) is 0.217. The van der Waals surface area contributed by atoms with Gasteiger partial charge in [-0.05, 0) is 57.5 Å². The molecule has 0 saturated carbocycles. The van der Waals surface area contributed by atoms with E-state index in [4.69, 9.17) is 28.4 Å². The number of benzene rings is 6. The molecule has 1 aliphatic heterocycles. The lowest BCUT2D eigenvalue weighted by molar-refractivity contribution is -0.200. The Labute approximate surface area is 311 Å². The molecule has 53 heavy (non-hydrogen) atoms. The van der Waals surface area contributed by atoms with Gasteiger partial charge in [0.1, 0.15) is 30.5 Å². The Balaban J connectivity index is 1.25. The molecular weight excluding hydrogens is 664 g/mol. The molecule has 0 spiro atoms. The van der Waals surface area contributed by atoms with E-state index in [1.807, 2.05) is 140 Å². The van der Waals surface area contributed by atoms with Crippen molar-refractivity contribution in [2.24, 2.45) is 0 Å². The van der Waals surface area contributed by atoms with E-state index in [9.17, 15) is 5.11 Å². The molecule has 1 aliphatic rings. The van der Waals surface area contributed by atoms with Crippen LogP contribution in [0.25, 0.3) is 11.1 Å². The first-order valence-electron chi connectivity index (χ1n) is 18.1. The quantitative estimate of drug-likeness (QED) is 0.107. The van der Waals surface area contributed by atoms with Gasteiger partial charge in [0.15, 0.2) is 6.29 Å². The monoisotopic (exact) mass is 708 g/mol. The second kappa shape index (κ2) is 17.9. The Morgan fingerprint density at radius 2 is 0.981 bits per heavy atom. The molecule has 270 valence electrons. The summed E-state index contributed by atoms with van der Waals surface area (Å²) in [6.45, 7) is 3.51. The van der Waals surface area contributed by atoms with Crippen LogP contribution in [0, 0.1) is 0 Å². The molecule has 0 aliphatic carbocycles. The molecule has 0 amide bonds. The van der Waals surface area contributed by atoms with Crippen molar-refractivity contribution >= 4 is 0 Å². The molecule has 0 radical (unpaired) electrons. The lowest BCUT2D eigenvalue weighted by Crippen LogP contribution is -2.28. The Hall–Kier alpha value is -5.44. The zero-order valence-corrected chi connectivity index (χ0v) is 29.8. The number of hydrogen-bond acceptors (Lipinski definition) is 7. The summed E-state index contributed by atoms with van der Waals surface area (Å²) in [6, 6.07) is 49.3. The van der Waals surface area contributed by atoms with Crippen LogP contribution in [0.3, 0.4) is 0 Å². The van der Waals surface area contributed by atoms with Crippen LogP contribution >= 0.6 is 0 Å².